The lowest BCUT2D eigenvalue weighted by Gasteiger charge is -2.35. The molecule has 0 aromatic heterocycles. The summed E-state index contributed by atoms with van der Waals surface area (Å²) >= 11 is 1.53. The number of nitrogens with zero attached hydrogens (tertiary/aromatic N) is 1. The minimum atomic E-state index is 0.116. The predicted molar refractivity (Wildman–Crippen MR) is 78.2 cm³/mol. The molecule has 2 unspecified atom stereocenters. The van der Waals surface area contributed by atoms with Gasteiger partial charge in [-0.25, -0.2) is 0 Å². The Morgan fingerprint density at radius 1 is 1.42 bits per heavy atom. The van der Waals surface area contributed by atoms with Gasteiger partial charge in [0.05, 0.1) is 18.0 Å². The molecular formula is C14H20N2O2S. The molecule has 0 aliphatic carbocycles. The second-order valence-corrected chi connectivity index (χ2v) is 5.97. The van der Waals surface area contributed by atoms with Crippen LogP contribution in [0.2, 0.25) is 0 Å². The lowest BCUT2D eigenvalue weighted by Crippen LogP contribution is -2.48. The minimum absolute atomic E-state index is 0.116. The molecule has 0 bridgehead atoms. The summed E-state index contributed by atoms with van der Waals surface area (Å²) in [5, 5.41) is 0. The van der Waals surface area contributed by atoms with Crippen LogP contribution in [0, 0.1) is 0 Å². The zero-order valence-electron chi connectivity index (χ0n) is 11.3. The second kappa shape index (κ2) is 6.30. The van der Waals surface area contributed by atoms with Gasteiger partial charge in [-0.2, -0.15) is 0 Å². The Morgan fingerprint density at radius 3 is 2.74 bits per heavy atom. The van der Waals surface area contributed by atoms with Crippen molar-refractivity contribution in [3.8, 4) is 0 Å². The molecule has 1 aliphatic rings. The van der Waals surface area contributed by atoms with Crippen molar-refractivity contribution in [1.82, 2.24) is 4.90 Å². The Morgan fingerprint density at radius 2 is 2.11 bits per heavy atom. The first-order chi connectivity index (χ1) is 9.04. The van der Waals surface area contributed by atoms with E-state index in [1.54, 1.807) is 0 Å². The first-order valence-electron chi connectivity index (χ1n) is 6.46. The van der Waals surface area contributed by atoms with Gasteiger partial charge >= 0.3 is 0 Å². The predicted octanol–water partition coefficient (Wildman–Crippen LogP) is 2.00. The van der Waals surface area contributed by atoms with Gasteiger partial charge in [-0.05, 0) is 32.0 Å². The van der Waals surface area contributed by atoms with Crippen molar-refractivity contribution in [1.29, 1.82) is 0 Å². The van der Waals surface area contributed by atoms with E-state index in [0.29, 0.717) is 18.8 Å². The number of thioether (sulfide) groups is 1. The fourth-order valence-electron chi connectivity index (χ4n) is 2.22. The third-order valence-corrected chi connectivity index (χ3v) is 3.97. The van der Waals surface area contributed by atoms with Crippen LogP contribution in [-0.4, -0.2) is 41.9 Å². The normalized spacial score (nSPS) is 23.4. The number of morpholine rings is 1. The molecule has 1 aliphatic heterocycles. The minimum Gasteiger partial charge on any atom is -0.399 e. The molecule has 1 amide bonds. The van der Waals surface area contributed by atoms with Crippen molar-refractivity contribution >= 4 is 23.4 Å². The summed E-state index contributed by atoms with van der Waals surface area (Å²) < 4.78 is 5.63. The average molecular weight is 280 g/mol. The molecule has 1 aromatic carbocycles. The fraction of sp³-hybridized carbons (Fsp3) is 0.500. The van der Waals surface area contributed by atoms with Crippen LogP contribution >= 0.6 is 11.8 Å². The van der Waals surface area contributed by atoms with Crippen molar-refractivity contribution < 1.29 is 9.53 Å². The molecule has 0 saturated carbocycles. The van der Waals surface area contributed by atoms with Crippen LogP contribution in [0.1, 0.15) is 13.8 Å². The van der Waals surface area contributed by atoms with Gasteiger partial charge in [0.25, 0.3) is 0 Å². The maximum Gasteiger partial charge on any atom is 0.233 e. The summed E-state index contributed by atoms with van der Waals surface area (Å²) in [6, 6.07) is 7.61. The molecular weight excluding hydrogens is 260 g/mol. The lowest BCUT2D eigenvalue weighted by atomic mass is 10.2. The SMILES string of the molecule is CC1CN(C(=O)CSc2cccc(N)c2)CC(C)O1. The molecule has 2 N–H and O–H groups in total. The Labute approximate surface area is 118 Å². The summed E-state index contributed by atoms with van der Waals surface area (Å²) in [6.45, 7) is 5.36. The van der Waals surface area contributed by atoms with Crippen molar-refractivity contribution in [3.05, 3.63) is 24.3 Å². The third kappa shape index (κ3) is 4.14. The van der Waals surface area contributed by atoms with Crippen LogP contribution in [-0.2, 0) is 9.53 Å². The van der Waals surface area contributed by atoms with E-state index in [2.05, 4.69) is 0 Å². The molecule has 1 fully saturated rings. The number of ether oxygens (including phenoxy) is 1. The van der Waals surface area contributed by atoms with Crippen LogP contribution in [0.5, 0.6) is 0 Å². The van der Waals surface area contributed by atoms with Crippen molar-refractivity contribution in [2.24, 2.45) is 0 Å². The van der Waals surface area contributed by atoms with Gasteiger partial charge in [0.2, 0.25) is 5.91 Å². The van der Waals surface area contributed by atoms with Crippen molar-refractivity contribution in [2.45, 2.75) is 31.0 Å². The number of nitrogens with two attached hydrogens (primary N) is 1. The van der Waals surface area contributed by atoms with Gasteiger partial charge in [0.1, 0.15) is 0 Å². The van der Waals surface area contributed by atoms with E-state index in [1.165, 1.54) is 11.8 Å². The van der Waals surface area contributed by atoms with Crippen molar-refractivity contribution in [3.63, 3.8) is 0 Å². The van der Waals surface area contributed by atoms with E-state index in [0.717, 1.165) is 10.6 Å². The summed E-state index contributed by atoms with van der Waals surface area (Å²) in [7, 11) is 0. The highest BCUT2D eigenvalue weighted by Gasteiger charge is 2.25. The van der Waals surface area contributed by atoms with Gasteiger partial charge in [0.15, 0.2) is 0 Å². The van der Waals surface area contributed by atoms with Crippen LogP contribution < -0.4 is 5.73 Å². The van der Waals surface area contributed by atoms with Gasteiger partial charge in [-0.15, -0.1) is 11.8 Å². The quantitative estimate of drug-likeness (QED) is 0.679. The molecule has 19 heavy (non-hydrogen) atoms. The summed E-state index contributed by atoms with van der Waals surface area (Å²) in [5.41, 5.74) is 6.45. The van der Waals surface area contributed by atoms with Crippen LogP contribution in [0.4, 0.5) is 5.69 Å². The molecule has 1 heterocycles. The van der Waals surface area contributed by atoms with Crippen LogP contribution in [0.3, 0.4) is 0 Å². The molecule has 0 spiro atoms. The number of carbonyl (C=O) groups excluding carboxylic acids is 1. The van der Waals surface area contributed by atoms with E-state index < -0.39 is 0 Å². The molecule has 0 radical (unpaired) electrons. The number of amides is 1. The molecule has 2 rings (SSSR count). The number of anilines is 1. The maximum absolute atomic E-state index is 12.2. The van der Waals surface area contributed by atoms with E-state index in [9.17, 15) is 4.79 Å². The van der Waals surface area contributed by atoms with Crippen LogP contribution in [0.25, 0.3) is 0 Å². The number of hydrogen-bond acceptors (Lipinski definition) is 4. The summed E-state index contributed by atoms with van der Waals surface area (Å²) in [4.78, 5) is 15.1. The molecule has 1 aromatic rings. The topological polar surface area (TPSA) is 55.6 Å². The Kier molecular flexibility index (Phi) is 4.71. The van der Waals surface area contributed by atoms with E-state index >= 15 is 0 Å². The zero-order valence-corrected chi connectivity index (χ0v) is 12.2. The van der Waals surface area contributed by atoms with Crippen molar-refractivity contribution in [2.75, 3.05) is 24.6 Å². The number of rotatable bonds is 3. The first-order valence-corrected chi connectivity index (χ1v) is 7.44. The van der Waals surface area contributed by atoms with Crippen LogP contribution in [0.15, 0.2) is 29.2 Å². The number of nitrogen functional groups attached to an aromatic ring is 1. The average Bonchev–Trinajstić information content (AvgIpc) is 2.35. The third-order valence-electron chi connectivity index (χ3n) is 2.99. The first kappa shape index (κ1) is 14.2. The second-order valence-electron chi connectivity index (χ2n) is 4.92. The maximum atomic E-state index is 12.2. The van der Waals surface area contributed by atoms with Gasteiger partial charge < -0.3 is 15.4 Å². The van der Waals surface area contributed by atoms with Gasteiger partial charge in [-0.3, -0.25) is 4.79 Å². The standard InChI is InChI=1S/C14H20N2O2S/c1-10-7-16(8-11(2)18-10)14(17)9-19-13-5-3-4-12(15)6-13/h3-6,10-11H,7-9,15H2,1-2H3. The fourth-order valence-corrected chi connectivity index (χ4v) is 3.09. The Bertz CT molecular complexity index is 443. The largest absolute Gasteiger partial charge is 0.399 e. The number of benzene rings is 1. The van der Waals surface area contributed by atoms with E-state index in [-0.39, 0.29) is 18.1 Å². The summed E-state index contributed by atoms with van der Waals surface area (Å²) in [5.74, 6) is 0.609. The lowest BCUT2D eigenvalue weighted by molar-refractivity contribution is -0.140. The molecule has 1 saturated heterocycles. The highest BCUT2D eigenvalue weighted by atomic mass is 32.2. The molecule has 5 heteroatoms. The number of carbonyl (C=O) groups is 1. The molecule has 4 nitrogen and oxygen atoms in total. The zero-order chi connectivity index (χ0) is 13.8. The summed E-state index contributed by atoms with van der Waals surface area (Å²) in [6.07, 6.45) is 0.232. The smallest absolute Gasteiger partial charge is 0.233 e. The Hall–Kier alpha value is -1.20. The Balaban J connectivity index is 1.87. The number of hydrogen-bond donors (Lipinski definition) is 1. The monoisotopic (exact) mass is 280 g/mol. The van der Waals surface area contributed by atoms with E-state index in [1.807, 2.05) is 43.0 Å². The van der Waals surface area contributed by atoms with Gasteiger partial charge in [0, 0.05) is 23.7 Å². The van der Waals surface area contributed by atoms with E-state index in [4.69, 9.17) is 10.5 Å². The van der Waals surface area contributed by atoms with Gasteiger partial charge in [-0.1, -0.05) is 6.07 Å². The molecule has 104 valence electrons. The highest BCUT2D eigenvalue weighted by Crippen LogP contribution is 2.21. The highest BCUT2D eigenvalue weighted by molar-refractivity contribution is 8.00. The molecule has 2 atom stereocenters.